The molecular weight excluding hydrogens is 329 g/mol. The first kappa shape index (κ1) is 15.1. The van der Waals surface area contributed by atoms with Crippen molar-refractivity contribution in [3.63, 3.8) is 0 Å². The molecule has 0 atom stereocenters. The van der Waals surface area contributed by atoms with Gasteiger partial charge in [0.2, 0.25) is 0 Å². The summed E-state index contributed by atoms with van der Waals surface area (Å²) in [5, 5.41) is 8.82. The van der Waals surface area contributed by atoms with Crippen molar-refractivity contribution in [1.82, 2.24) is 15.1 Å². The molecule has 0 amide bonds. The Labute approximate surface area is 136 Å². The number of halogens is 4. The van der Waals surface area contributed by atoms with Crippen molar-refractivity contribution < 1.29 is 13.2 Å². The Bertz CT molecular complexity index is 738. The third-order valence-electron chi connectivity index (χ3n) is 4.74. The first-order chi connectivity index (χ1) is 10.9. The van der Waals surface area contributed by atoms with Crippen LogP contribution in [0.2, 0.25) is 5.02 Å². The highest BCUT2D eigenvalue weighted by atomic mass is 35.5. The second-order valence-electron chi connectivity index (χ2n) is 6.41. The van der Waals surface area contributed by atoms with E-state index in [0.29, 0.717) is 24.7 Å². The summed E-state index contributed by atoms with van der Waals surface area (Å²) in [6.07, 6.45) is -2.37. The summed E-state index contributed by atoms with van der Waals surface area (Å²) in [7, 11) is 0. The minimum absolute atomic E-state index is 0.231. The van der Waals surface area contributed by atoms with Crippen LogP contribution in [0, 0.1) is 0 Å². The zero-order valence-electron chi connectivity index (χ0n) is 12.3. The zero-order valence-corrected chi connectivity index (χ0v) is 13.1. The molecule has 124 valence electrons. The van der Waals surface area contributed by atoms with E-state index in [9.17, 15) is 13.2 Å². The van der Waals surface area contributed by atoms with E-state index >= 15 is 0 Å². The fourth-order valence-electron chi connectivity index (χ4n) is 3.56. The number of fused-ring (bicyclic) bond motifs is 1. The number of anilines is 1. The van der Waals surface area contributed by atoms with Crippen molar-refractivity contribution in [2.45, 2.75) is 24.6 Å². The molecule has 1 aliphatic carbocycles. The van der Waals surface area contributed by atoms with E-state index in [4.69, 9.17) is 11.6 Å². The lowest BCUT2D eigenvalue weighted by molar-refractivity contribution is -0.147. The number of piperazine rings is 1. The summed E-state index contributed by atoms with van der Waals surface area (Å²) in [4.78, 5) is 3.64. The van der Waals surface area contributed by atoms with E-state index in [2.05, 4.69) is 15.1 Å². The van der Waals surface area contributed by atoms with Crippen molar-refractivity contribution in [2.24, 2.45) is 0 Å². The second-order valence-corrected chi connectivity index (χ2v) is 6.82. The lowest BCUT2D eigenvalue weighted by atomic mass is 10.1. The minimum atomic E-state index is -4.15. The Balaban J connectivity index is 1.63. The summed E-state index contributed by atoms with van der Waals surface area (Å²) in [6.45, 7) is 0.483. The summed E-state index contributed by atoms with van der Waals surface area (Å²) in [5.41, 5.74) is 0.617. The maximum atomic E-state index is 12.7. The van der Waals surface area contributed by atoms with Gasteiger partial charge in [0.1, 0.15) is 0 Å². The molecule has 1 N–H and O–H groups in total. The average molecular weight is 345 g/mol. The van der Waals surface area contributed by atoms with E-state index in [1.807, 2.05) is 18.2 Å². The molecule has 1 aromatic carbocycles. The van der Waals surface area contributed by atoms with Crippen LogP contribution in [-0.4, -0.2) is 53.0 Å². The molecule has 4 rings (SSSR count). The van der Waals surface area contributed by atoms with Gasteiger partial charge in [-0.2, -0.15) is 18.3 Å². The highest BCUT2D eigenvalue weighted by molar-refractivity contribution is 6.36. The van der Waals surface area contributed by atoms with E-state index in [1.165, 1.54) is 4.90 Å². The van der Waals surface area contributed by atoms with Gasteiger partial charge in [-0.05, 0) is 25.0 Å². The Morgan fingerprint density at radius 1 is 1.26 bits per heavy atom. The SMILES string of the molecule is FC(F)(F)CN1CCN(c2n[nH]c3cccc(Cl)c23)C2(CC2)C1. The van der Waals surface area contributed by atoms with Gasteiger partial charge in [-0.25, -0.2) is 0 Å². The van der Waals surface area contributed by atoms with Crippen molar-refractivity contribution in [3.05, 3.63) is 23.2 Å². The van der Waals surface area contributed by atoms with Crippen molar-refractivity contribution in [3.8, 4) is 0 Å². The maximum absolute atomic E-state index is 12.7. The van der Waals surface area contributed by atoms with Gasteiger partial charge in [0.25, 0.3) is 0 Å². The number of alkyl halides is 3. The minimum Gasteiger partial charge on any atom is -0.346 e. The molecule has 8 heteroatoms. The molecule has 1 aromatic heterocycles. The van der Waals surface area contributed by atoms with Crippen LogP contribution in [0.3, 0.4) is 0 Å². The number of aromatic nitrogens is 2. The van der Waals surface area contributed by atoms with Crippen LogP contribution in [0.5, 0.6) is 0 Å². The Morgan fingerprint density at radius 2 is 2.04 bits per heavy atom. The van der Waals surface area contributed by atoms with E-state index < -0.39 is 12.7 Å². The standard InChI is InChI=1S/C15H16ClF3N4/c16-10-2-1-3-11-12(10)13(21-20-11)23-7-6-22(9-15(17,18)19)8-14(23)4-5-14/h1-3H,4-9H2,(H,20,21). The van der Waals surface area contributed by atoms with E-state index in [1.54, 1.807) is 0 Å². The highest BCUT2D eigenvalue weighted by Crippen LogP contribution is 2.48. The van der Waals surface area contributed by atoms with Crippen LogP contribution < -0.4 is 4.90 Å². The Kier molecular flexibility index (Phi) is 3.29. The monoisotopic (exact) mass is 344 g/mol. The predicted octanol–water partition coefficient (Wildman–Crippen LogP) is 3.43. The van der Waals surface area contributed by atoms with Crippen molar-refractivity contribution in [1.29, 1.82) is 0 Å². The number of rotatable bonds is 2. The molecule has 0 radical (unpaired) electrons. The number of nitrogens with one attached hydrogen (secondary N) is 1. The van der Waals surface area contributed by atoms with Gasteiger partial charge >= 0.3 is 6.18 Å². The van der Waals surface area contributed by atoms with Crippen LogP contribution in [0.25, 0.3) is 10.9 Å². The lowest BCUT2D eigenvalue weighted by Crippen LogP contribution is -2.57. The first-order valence-corrected chi connectivity index (χ1v) is 7.95. The second kappa shape index (κ2) is 5.01. The number of nitrogens with zero attached hydrogens (tertiary/aromatic N) is 3. The Hall–Kier alpha value is -1.47. The third-order valence-corrected chi connectivity index (χ3v) is 5.05. The molecule has 1 saturated heterocycles. The molecule has 2 aromatic rings. The van der Waals surface area contributed by atoms with Gasteiger partial charge < -0.3 is 4.90 Å². The summed E-state index contributed by atoms with van der Waals surface area (Å²) in [5.74, 6) is 0.759. The fourth-order valence-corrected chi connectivity index (χ4v) is 3.82. The number of aromatic amines is 1. The third kappa shape index (κ3) is 2.65. The van der Waals surface area contributed by atoms with E-state index in [0.717, 1.165) is 29.6 Å². The van der Waals surface area contributed by atoms with Gasteiger partial charge in [0.05, 0.1) is 28.0 Å². The van der Waals surface area contributed by atoms with Crippen molar-refractivity contribution in [2.75, 3.05) is 31.1 Å². The summed E-state index contributed by atoms with van der Waals surface area (Å²) < 4.78 is 38.0. The van der Waals surface area contributed by atoms with Crippen molar-refractivity contribution >= 4 is 28.3 Å². The number of hydrogen-bond acceptors (Lipinski definition) is 3. The predicted molar refractivity (Wildman–Crippen MR) is 82.9 cm³/mol. The molecule has 23 heavy (non-hydrogen) atoms. The number of hydrogen-bond donors (Lipinski definition) is 1. The average Bonchev–Trinajstić information content (AvgIpc) is 3.07. The first-order valence-electron chi connectivity index (χ1n) is 7.57. The molecule has 1 spiro atoms. The molecule has 1 saturated carbocycles. The summed E-state index contributed by atoms with van der Waals surface area (Å²) >= 11 is 6.31. The largest absolute Gasteiger partial charge is 0.401 e. The van der Waals surface area contributed by atoms with Crippen LogP contribution in [0.4, 0.5) is 19.0 Å². The zero-order chi connectivity index (χ0) is 16.2. The van der Waals surface area contributed by atoms with Crippen LogP contribution in [0.1, 0.15) is 12.8 Å². The topological polar surface area (TPSA) is 35.2 Å². The number of H-pyrrole nitrogens is 1. The molecule has 2 fully saturated rings. The van der Waals surface area contributed by atoms with Gasteiger partial charge in [0, 0.05) is 19.6 Å². The molecular formula is C15H16ClF3N4. The molecule has 1 aliphatic heterocycles. The van der Waals surface area contributed by atoms with Gasteiger partial charge in [-0.15, -0.1) is 0 Å². The molecule has 0 bridgehead atoms. The highest BCUT2D eigenvalue weighted by Gasteiger charge is 2.53. The van der Waals surface area contributed by atoms with Gasteiger partial charge in [0.15, 0.2) is 5.82 Å². The molecule has 2 aliphatic rings. The normalized spacial score (nSPS) is 21.3. The smallest absolute Gasteiger partial charge is 0.346 e. The van der Waals surface area contributed by atoms with Gasteiger partial charge in [-0.3, -0.25) is 10.00 Å². The molecule has 2 heterocycles. The Morgan fingerprint density at radius 3 is 2.74 bits per heavy atom. The summed E-state index contributed by atoms with van der Waals surface area (Å²) in [6, 6.07) is 5.56. The van der Waals surface area contributed by atoms with Crippen LogP contribution in [-0.2, 0) is 0 Å². The fraction of sp³-hybridized carbons (Fsp3) is 0.533. The van der Waals surface area contributed by atoms with E-state index in [-0.39, 0.29) is 5.54 Å². The lowest BCUT2D eigenvalue weighted by Gasteiger charge is -2.42. The van der Waals surface area contributed by atoms with Gasteiger partial charge in [-0.1, -0.05) is 17.7 Å². The maximum Gasteiger partial charge on any atom is 0.401 e. The van der Waals surface area contributed by atoms with Crippen LogP contribution >= 0.6 is 11.6 Å². The van der Waals surface area contributed by atoms with Crippen LogP contribution in [0.15, 0.2) is 18.2 Å². The number of benzene rings is 1. The quantitative estimate of drug-likeness (QED) is 0.906. The molecule has 0 unspecified atom stereocenters. The molecule has 4 nitrogen and oxygen atoms in total.